The van der Waals surface area contributed by atoms with Crippen molar-refractivity contribution in [1.29, 1.82) is 0 Å². The Morgan fingerprint density at radius 2 is 0.889 bits per heavy atom. The molecular formula is C22H54O5. The first-order valence-corrected chi connectivity index (χ1v) is 10.5. The fourth-order valence-electron chi connectivity index (χ4n) is 0.758. The molecule has 5 nitrogen and oxygen atoms in total. The van der Waals surface area contributed by atoms with E-state index in [4.69, 9.17) is 25.5 Å². The van der Waals surface area contributed by atoms with Gasteiger partial charge in [-0.2, -0.15) is 0 Å². The van der Waals surface area contributed by atoms with Gasteiger partial charge in [0.15, 0.2) is 0 Å². The van der Waals surface area contributed by atoms with Gasteiger partial charge in [-0.05, 0) is 64.2 Å². The minimum Gasteiger partial charge on any atom is -0.396 e. The Morgan fingerprint density at radius 3 is 0.926 bits per heavy atom. The van der Waals surface area contributed by atoms with Gasteiger partial charge in [-0.25, -0.2) is 0 Å². The lowest BCUT2D eigenvalue weighted by Gasteiger charge is -1.98. The molecule has 0 aromatic heterocycles. The van der Waals surface area contributed by atoms with Crippen LogP contribution in [-0.4, -0.2) is 57.6 Å². The summed E-state index contributed by atoms with van der Waals surface area (Å²) < 4.78 is 0. The third kappa shape index (κ3) is 125. The van der Waals surface area contributed by atoms with Crippen molar-refractivity contribution >= 4 is 0 Å². The van der Waals surface area contributed by atoms with Crippen molar-refractivity contribution in [2.24, 2.45) is 17.8 Å². The van der Waals surface area contributed by atoms with Gasteiger partial charge in [0, 0.05) is 25.9 Å². The molecule has 0 spiro atoms. The van der Waals surface area contributed by atoms with Crippen LogP contribution in [0.3, 0.4) is 0 Å². The summed E-state index contributed by atoms with van der Waals surface area (Å²) in [5, 5.41) is 41.1. The maximum Gasteiger partial charge on any atom is 0.0509 e. The van der Waals surface area contributed by atoms with Gasteiger partial charge < -0.3 is 25.5 Å². The highest BCUT2D eigenvalue weighted by molar-refractivity contribution is 4.42. The molecule has 172 valence electrons. The van der Waals surface area contributed by atoms with Gasteiger partial charge in [-0.15, -0.1) is 0 Å². The first kappa shape index (κ1) is 37.5. The Kier molecular flexibility index (Phi) is 46.4. The second kappa shape index (κ2) is 33.4. The molecule has 0 saturated heterocycles. The van der Waals surface area contributed by atoms with Crippen molar-refractivity contribution in [3.63, 3.8) is 0 Å². The van der Waals surface area contributed by atoms with Crippen molar-refractivity contribution in [2.45, 2.75) is 107 Å². The third-order valence-electron chi connectivity index (χ3n) is 2.60. The first-order valence-electron chi connectivity index (χ1n) is 10.5. The number of aliphatic hydroxyl groups excluding tert-OH is 5. The van der Waals surface area contributed by atoms with Crippen LogP contribution in [0.15, 0.2) is 0 Å². The molecule has 0 radical (unpaired) electrons. The van der Waals surface area contributed by atoms with Crippen LogP contribution in [0, 0.1) is 17.8 Å². The smallest absolute Gasteiger partial charge is 0.0509 e. The highest BCUT2D eigenvalue weighted by Gasteiger charge is 1.89. The third-order valence-corrected chi connectivity index (χ3v) is 2.60. The highest BCUT2D eigenvalue weighted by Crippen LogP contribution is 2.00. The molecule has 0 heterocycles. The van der Waals surface area contributed by atoms with E-state index >= 15 is 0 Å². The number of hydrogen-bond acceptors (Lipinski definition) is 5. The molecule has 5 N–H and O–H groups in total. The van der Waals surface area contributed by atoms with Gasteiger partial charge in [0.05, 0.1) is 6.10 Å². The summed E-state index contributed by atoms with van der Waals surface area (Å²) in [5.41, 5.74) is 0. The van der Waals surface area contributed by atoms with Gasteiger partial charge >= 0.3 is 0 Å². The molecule has 0 aliphatic carbocycles. The second-order valence-corrected chi connectivity index (χ2v) is 8.09. The van der Waals surface area contributed by atoms with Crippen LogP contribution in [0.4, 0.5) is 0 Å². The van der Waals surface area contributed by atoms with Gasteiger partial charge in [-0.1, -0.05) is 48.5 Å². The van der Waals surface area contributed by atoms with Crippen LogP contribution in [-0.2, 0) is 0 Å². The molecule has 0 bridgehead atoms. The molecular weight excluding hydrogens is 344 g/mol. The fourth-order valence-corrected chi connectivity index (χ4v) is 0.758. The minimum absolute atomic E-state index is 0.116. The Balaban J connectivity index is -0.0000000757. The van der Waals surface area contributed by atoms with Crippen LogP contribution >= 0.6 is 0 Å². The van der Waals surface area contributed by atoms with Gasteiger partial charge in [-0.3, -0.25) is 0 Å². The van der Waals surface area contributed by atoms with Crippen molar-refractivity contribution < 1.29 is 25.5 Å². The predicted octanol–water partition coefficient (Wildman–Crippen LogP) is 4.24. The van der Waals surface area contributed by atoms with Crippen LogP contribution in [0.1, 0.15) is 94.9 Å². The summed E-state index contributed by atoms with van der Waals surface area (Å²) in [6, 6.07) is 0. The summed E-state index contributed by atoms with van der Waals surface area (Å²) in [5.74, 6) is 1.83. The normalized spacial score (nSPS) is 10.8. The van der Waals surface area contributed by atoms with E-state index in [0.29, 0.717) is 31.7 Å². The molecule has 0 amide bonds. The topological polar surface area (TPSA) is 101 Å². The molecule has 0 aromatic rings. The number of rotatable bonds is 7. The standard InChI is InChI=1S/C6H14O.C5H12O.2C4H10O.C3H8O/c1-6(2)4-3-5-7;1-5(2)3-4-6;1-4(2)3-5;1-3-4(2)5;1-3(2)4/h6-7H,3-5H2,1-2H3;5-6H,3-4H2,1-2H3;2*4-5H,3H2,1-2H3;3-4H,1-2H3. The molecule has 0 rings (SSSR count). The summed E-state index contributed by atoms with van der Waals surface area (Å²) in [6.07, 6.45) is 3.61. The monoisotopic (exact) mass is 398 g/mol. The van der Waals surface area contributed by atoms with Crippen LogP contribution in [0.5, 0.6) is 0 Å². The zero-order valence-corrected chi connectivity index (χ0v) is 20.1. The van der Waals surface area contributed by atoms with E-state index in [1.165, 1.54) is 0 Å². The van der Waals surface area contributed by atoms with Gasteiger partial charge in [0.1, 0.15) is 0 Å². The molecule has 0 saturated carbocycles. The molecule has 1 unspecified atom stereocenters. The lowest BCUT2D eigenvalue weighted by Crippen LogP contribution is -1.93. The van der Waals surface area contributed by atoms with Crippen molar-refractivity contribution in [3.8, 4) is 0 Å². The van der Waals surface area contributed by atoms with E-state index in [-0.39, 0.29) is 12.2 Å². The largest absolute Gasteiger partial charge is 0.396 e. The highest BCUT2D eigenvalue weighted by atomic mass is 16.3. The zero-order chi connectivity index (χ0) is 22.8. The number of hydrogen-bond donors (Lipinski definition) is 5. The predicted molar refractivity (Wildman–Crippen MR) is 119 cm³/mol. The molecule has 5 heteroatoms. The average molecular weight is 399 g/mol. The van der Waals surface area contributed by atoms with E-state index in [2.05, 4.69) is 27.7 Å². The minimum atomic E-state index is -0.167. The first-order chi connectivity index (χ1) is 12.3. The summed E-state index contributed by atoms with van der Waals surface area (Å²) in [4.78, 5) is 0. The maximum atomic E-state index is 8.36. The summed E-state index contributed by atoms with van der Waals surface area (Å²) in [6.45, 7) is 20.6. The second-order valence-electron chi connectivity index (χ2n) is 8.09. The SMILES string of the molecule is CC(C)CCCO.CC(C)CCO.CC(C)CO.CC(C)O.CCC(C)O. The van der Waals surface area contributed by atoms with E-state index in [9.17, 15) is 0 Å². The van der Waals surface area contributed by atoms with E-state index in [0.717, 1.165) is 31.6 Å². The van der Waals surface area contributed by atoms with E-state index in [1.807, 2.05) is 20.8 Å². The average Bonchev–Trinajstić information content (AvgIpc) is 2.53. The van der Waals surface area contributed by atoms with E-state index in [1.54, 1.807) is 20.8 Å². The van der Waals surface area contributed by atoms with Crippen LogP contribution < -0.4 is 0 Å². The fraction of sp³-hybridized carbons (Fsp3) is 1.00. The van der Waals surface area contributed by atoms with Gasteiger partial charge in [0.25, 0.3) is 0 Å². The zero-order valence-electron chi connectivity index (χ0n) is 20.1. The molecule has 0 aromatic carbocycles. The summed E-state index contributed by atoms with van der Waals surface area (Å²) in [7, 11) is 0. The van der Waals surface area contributed by atoms with Gasteiger partial charge in [0.2, 0.25) is 0 Å². The van der Waals surface area contributed by atoms with Crippen molar-refractivity contribution in [2.75, 3.05) is 19.8 Å². The van der Waals surface area contributed by atoms with E-state index < -0.39 is 0 Å². The molecule has 0 aliphatic heterocycles. The molecule has 0 fully saturated rings. The Hall–Kier alpha value is -0.200. The quantitative estimate of drug-likeness (QED) is 0.441. The Morgan fingerprint density at radius 1 is 0.593 bits per heavy atom. The van der Waals surface area contributed by atoms with Crippen LogP contribution in [0.25, 0.3) is 0 Å². The molecule has 1 atom stereocenters. The molecule has 27 heavy (non-hydrogen) atoms. The van der Waals surface area contributed by atoms with Crippen molar-refractivity contribution in [1.82, 2.24) is 0 Å². The maximum absolute atomic E-state index is 8.36. The van der Waals surface area contributed by atoms with Crippen LogP contribution in [0.2, 0.25) is 0 Å². The molecule has 0 aliphatic rings. The lowest BCUT2D eigenvalue weighted by atomic mass is 10.1. The Labute approximate surface area is 170 Å². The Bertz CT molecular complexity index is 194. The van der Waals surface area contributed by atoms with Crippen molar-refractivity contribution in [3.05, 3.63) is 0 Å². The number of aliphatic hydroxyl groups is 5. The summed E-state index contributed by atoms with van der Waals surface area (Å²) >= 11 is 0. The lowest BCUT2D eigenvalue weighted by molar-refractivity contribution is 0.191.